The minimum Gasteiger partial charge on any atom is -0.309 e. The lowest BCUT2D eigenvalue weighted by Crippen LogP contribution is -2.38. The maximum Gasteiger partial charge on any atom is 0.312 e. The van der Waals surface area contributed by atoms with Crippen molar-refractivity contribution in [1.29, 1.82) is 0 Å². The highest BCUT2D eigenvalue weighted by Crippen LogP contribution is 2.36. The van der Waals surface area contributed by atoms with Crippen molar-refractivity contribution in [2.75, 3.05) is 17.2 Å². The molecule has 1 aromatic carbocycles. The van der Waals surface area contributed by atoms with E-state index in [1.807, 2.05) is 6.07 Å². The number of carbonyl (C=O) groups excluding carboxylic acids is 1. The van der Waals surface area contributed by atoms with Gasteiger partial charge in [0.25, 0.3) is 0 Å². The number of amides is 1. The summed E-state index contributed by atoms with van der Waals surface area (Å²) in [6.45, 7) is 3.69. The molecule has 1 aliphatic rings. The number of aryl methyl sites for hydroxylation is 1. The Bertz CT molecular complexity index is 836. The summed E-state index contributed by atoms with van der Waals surface area (Å²) in [5.74, 6) is 0.622. The Morgan fingerprint density at radius 1 is 1.46 bits per heavy atom. The van der Waals surface area contributed by atoms with Gasteiger partial charge in [0.1, 0.15) is 17.9 Å². The molecule has 7 nitrogen and oxygen atoms in total. The van der Waals surface area contributed by atoms with Crippen LogP contribution in [0.5, 0.6) is 0 Å². The van der Waals surface area contributed by atoms with Crippen molar-refractivity contribution in [3.63, 3.8) is 0 Å². The van der Waals surface area contributed by atoms with E-state index in [1.165, 1.54) is 4.68 Å². The second-order valence-electron chi connectivity index (χ2n) is 5.44. The molecule has 0 saturated carbocycles. The third kappa shape index (κ3) is 2.99. The highest BCUT2D eigenvalue weighted by Gasteiger charge is 2.27. The largest absolute Gasteiger partial charge is 0.312 e. The van der Waals surface area contributed by atoms with Crippen LogP contribution >= 0.6 is 23.4 Å². The molecule has 24 heavy (non-hydrogen) atoms. The molecule has 1 amide bonds. The zero-order chi connectivity index (χ0) is 17.4. The number of nitrogens with zero attached hydrogens (tertiary/aromatic N) is 4. The van der Waals surface area contributed by atoms with Gasteiger partial charge in [-0.2, -0.15) is 5.10 Å². The van der Waals surface area contributed by atoms with Crippen molar-refractivity contribution >= 4 is 40.6 Å². The van der Waals surface area contributed by atoms with Crippen LogP contribution in [0.15, 0.2) is 23.1 Å². The van der Waals surface area contributed by atoms with E-state index in [-0.39, 0.29) is 18.1 Å². The average Bonchev–Trinajstić information content (AvgIpc) is 2.80. The molecule has 0 aliphatic carbocycles. The Hall–Kier alpha value is -2.06. The summed E-state index contributed by atoms with van der Waals surface area (Å²) in [4.78, 5) is 26.0. The highest BCUT2D eigenvalue weighted by atomic mass is 35.5. The van der Waals surface area contributed by atoms with Crippen LogP contribution in [0.3, 0.4) is 0 Å². The summed E-state index contributed by atoms with van der Waals surface area (Å²) in [6.07, 6.45) is 0. The van der Waals surface area contributed by atoms with Crippen molar-refractivity contribution in [1.82, 2.24) is 9.78 Å². The number of nitro groups is 1. The van der Waals surface area contributed by atoms with Crippen molar-refractivity contribution in [3.8, 4) is 0 Å². The standard InChI is InChI=1S/C15H15ClN4O3S/c1-9-15(20(22)23)10(2)19(17-9)8-14(21)18-5-6-24-13-4-3-11(16)7-12(13)18/h3-4,7H,5-6,8H2,1-2H3. The molecule has 2 heterocycles. The molecule has 1 aliphatic heterocycles. The van der Waals surface area contributed by atoms with E-state index in [4.69, 9.17) is 11.6 Å². The second kappa shape index (κ2) is 6.45. The van der Waals surface area contributed by atoms with Gasteiger partial charge < -0.3 is 4.90 Å². The topological polar surface area (TPSA) is 81.3 Å². The number of anilines is 1. The molecule has 0 saturated heterocycles. The molecule has 1 aromatic heterocycles. The first-order valence-electron chi connectivity index (χ1n) is 7.29. The predicted molar refractivity (Wildman–Crippen MR) is 92.9 cm³/mol. The zero-order valence-corrected chi connectivity index (χ0v) is 14.7. The zero-order valence-electron chi connectivity index (χ0n) is 13.2. The number of hydrogen-bond acceptors (Lipinski definition) is 5. The van der Waals surface area contributed by atoms with E-state index < -0.39 is 4.92 Å². The maximum absolute atomic E-state index is 12.7. The number of rotatable bonds is 3. The molecule has 0 fully saturated rings. The summed E-state index contributed by atoms with van der Waals surface area (Å²) in [5.41, 5.74) is 1.42. The lowest BCUT2D eigenvalue weighted by atomic mass is 10.2. The number of hydrogen-bond donors (Lipinski definition) is 0. The number of thioether (sulfide) groups is 1. The van der Waals surface area contributed by atoms with Crippen molar-refractivity contribution in [2.45, 2.75) is 25.3 Å². The van der Waals surface area contributed by atoms with E-state index in [0.29, 0.717) is 23.0 Å². The van der Waals surface area contributed by atoms with Gasteiger partial charge in [0.15, 0.2) is 0 Å². The normalized spacial score (nSPS) is 13.7. The molecule has 0 bridgehead atoms. The highest BCUT2D eigenvalue weighted by molar-refractivity contribution is 7.99. The van der Waals surface area contributed by atoms with Crippen LogP contribution in [0.25, 0.3) is 0 Å². The van der Waals surface area contributed by atoms with Gasteiger partial charge in [-0.25, -0.2) is 0 Å². The molecule has 0 spiro atoms. The second-order valence-corrected chi connectivity index (χ2v) is 7.01. The molecule has 9 heteroatoms. The molecule has 0 unspecified atom stereocenters. The fourth-order valence-electron chi connectivity index (χ4n) is 2.77. The van der Waals surface area contributed by atoms with Gasteiger partial charge in [-0.05, 0) is 32.0 Å². The average molecular weight is 367 g/mol. The van der Waals surface area contributed by atoms with Gasteiger partial charge in [0, 0.05) is 22.2 Å². The third-order valence-corrected chi connectivity index (χ3v) is 5.17. The van der Waals surface area contributed by atoms with Gasteiger partial charge in [0.2, 0.25) is 5.91 Å². The summed E-state index contributed by atoms with van der Waals surface area (Å²) >= 11 is 7.73. The van der Waals surface area contributed by atoms with E-state index in [9.17, 15) is 14.9 Å². The molecule has 126 valence electrons. The molecular weight excluding hydrogens is 352 g/mol. The third-order valence-electron chi connectivity index (χ3n) is 3.90. The first-order chi connectivity index (χ1) is 11.4. The summed E-state index contributed by atoms with van der Waals surface area (Å²) in [5, 5.41) is 15.8. The number of benzene rings is 1. The fourth-order valence-corrected chi connectivity index (χ4v) is 3.91. The van der Waals surface area contributed by atoms with Crippen LogP contribution in [0.2, 0.25) is 5.02 Å². The van der Waals surface area contributed by atoms with Crippen LogP contribution < -0.4 is 4.90 Å². The van der Waals surface area contributed by atoms with E-state index in [2.05, 4.69) is 5.10 Å². The van der Waals surface area contributed by atoms with Crippen LogP contribution in [-0.2, 0) is 11.3 Å². The van der Waals surface area contributed by atoms with Gasteiger partial charge in [0.05, 0.1) is 10.6 Å². The van der Waals surface area contributed by atoms with Crippen LogP contribution in [-0.4, -0.2) is 32.9 Å². The summed E-state index contributed by atoms with van der Waals surface area (Å²) in [7, 11) is 0. The molecule has 3 rings (SSSR count). The minimum atomic E-state index is -0.467. The van der Waals surface area contributed by atoms with Crippen molar-refractivity contribution in [3.05, 3.63) is 44.7 Å². The number of aromatic nitrogens is 2. The van der Waals surface area contributed by atoms with E-state index in [1.54, 1.807) is 42.6 Å². The Kier molecular flexibility index (Phi) is 4.51. The predicted octanol–water partition coefficient (Wildman–Crippen LogP) is 3.20. The first-order valence-corrected chi connectivity index (χ1v) is 8.66. The SMILES string of the molecule is Cc1nn(CC(=O)N2CCSc3ccc(Cl)cc32)c(C)c1[N+](=O)[O-]. The smallest absolute Gasteiger partial charge is 0.309 e. The monoisotopic (exact) mass is 366 g/mol. The van der Waals surface area contributed by atoms with Crippen LogP contribution in [0, 0.1) is 24.0 Å². The van der Waals surface area contributed by atoms with Gasteiger partial charge in [-0.15, -0.1) is 11.8 Å². The maximum atomic E-state index is 12.7. The van der Waals surface area contributed by atoms with Crippen molar-refractivity contribution < 1.29 is 9.72 Å². The lowest BCUT2D eigenvalue weighted by molar-refractivity contribution is -0.386. The first kappa shape index (κ1) is 16.8. The molecule has 0 atom stereocenters. The van der Waals surface area contributed by atoms with Gasteiger partial charge >= 0.3 is 5.69 Å². The minimum absolute atomic E-state index is 0.0413. The molecule has 0 radical (unpaired) electrons. The van der Waals surface area contributed by atoms with Crippen LogP contribution in [0.4, 0.5) is 11.4 Å². The van der Waals surface area contributed by atoms with E-state index in [0.717, 1.165) is 16.3 Å². The summed E-state index contributed by atoms with van der Waals surface area (Å²) < 4.78 is 1.39. The van der Waals surface area contributed by atoms with Gasteiger partial charge in [-0.3, -0.25) is 19.6 Å². The Labute approximate surface area is 147 Å². The van der Waals surface area contributed by atoms with Crippen molar-refractivity contribution in [2.24, 2.45) is 0 Å². The lowest BCUT2D eigenvalue weighted by Gasteiger charge is -2.29. The Balaban J connectivity index is 1.89. The molecule has 2 aromatic rings. The van der Waals surface area contributed by atoms with Gasteiger partial charge in [-0.1, -0.05) is 11.6 Å². The van der Waals surface area contributed by atoms with Crippen LogP contribution in [0.1, 0.15) is 11.4 Å². The molecule has 0 N–H and O–H groups in total. The van der Waals surface area contributed by atoms with E-state index >= 15 is 0 Å². The summed E-state index contributed by atoms with van der Waals surface area (Å²) in [6, 6.07) is 5.46. The number of halogens is 1. The fraction of sp³-hybridized carbons (Fsp3) is 0.333. The Morgan fingerprint density at radius 2 is 2.21 bits per heavy atom. The Morgan fingerprint density at radius 3 is 2.88 bits per heavy atom. The molecular formula is C15H15ClN4O3S. The number of carbonyl (C=O) groups is 1. The quantitative estimate of drug-likeness (QED) is 0.615. The number of fused-ring (bicyclic) bond motifs is 1.